The minimum Gasteiger partial charge on any atom is -0.341 e. The van der Waals surface area contributed by atoms with Crippen LogP contribution in [0, 0.1) is 5.82 Å². The monoisotopic (exact) mass is 474 g/mol. The molecule has 1 aromatic heterocycles. The molecule has 0 bridgehead atoms. The number of halogens is 2. The van der Waals surface area contributed by atoms with E-state index < -0.39 is 0 Å². The van der Waals surface area contributed by atoms with Crippen molar-refractivity contribution in [3.8, 4) is 11.4 Å². The van der Waals surface area contributed by atoms with E-state index in [1.165, 1.54) is 23.9 Å². The van der Waals surface area contributed by atoms with E-state index in [9.17, 15) is 9.18 Å². The number of carbonyl (C=O) groups excluding carboxylic acids is 1. The highest BCUT2D eigenvalue weighted by Crippen LogP contribution is 2.25. The second kappa shape index (κ2) is 9.84. The van der Waals surface area contributed by atoms with Gasteiger partial charge in [0.1, 0.15) is 5.82 Å². The Morgan fingerprint density at radius 1 is 1.21 bits per heavy atom. The number of hydrogen-bond acceptors (Lipinski definition) is 4. The Bertz CT molecular complexity index is 989. The molecule has 0 radical (unpaired) electrons. The van der Waals surface area contributed by atoms with Gasteiger partial charge in [0.25, 0.3) is 0 Å². The number of allylic oxidation sites excluding steroid dienone is 1. The van der Waals surface area contributed by atoms with Crippen molar-refractivity contribution < 1.29 is 9.18 Å². The molecule has 1 heterocycles. The highest BCUT2D eigenvalue weighted by Gasteiger charge is 2.16. The molecule has 8 heteroatoms. The largest absolute Gasteiger partial charge is 0.341 e. The molecule has 0 aliphatic carbocycles. The zero-order chi connectivity index (χ0) is 20.8. The van der Waals surface area contributed by atoms with Crippen LogP contribution in [0.2, 0.25) is 0 Å². The number of aromatic nitrogens is 3. The number of rotatable bonds is 8. The molecule has 2 aromatic carbocycles. The predicted octanol–water partition coefficient (Wildman–Crippen LogP) is 4.78. The Morgan fingerprint density at radius 2 is 1.90 bits per heavy atom. The topological polar surface area (TPSA) is 51.0 Å². The first-order chi connectivity index (χ1) is 14.0. The van der Waals surface area contributed by atoms with E-state index in [1.807, 2.05) is 28.8 Å². The maximum atomic E-state index is 13.0. The van der Waals surface area contributed by atoms with E-state index in [1.54, 1.807) is 30.2 Å². The summed E-state index contributed by atoms with van der Waals surface area (Å²) < 4.78 is 16.0. The maximum Gasteiger partial charge on any atom is 0.233 e. The van der Waals surface area contributed by atoms with Gasteiger partial charge >= 0.3 is 0 Å². The Labute approximate surface area is 181 Å². The van der Waals surface area contributed by atoms with Gasteiger partial charge in [0.05, 0.1) is 5.75 Å². The van der Waals surface area contributed by atoms with Crippen LogP contribution < -0.4 is 0 Å². The quantitative estimate of drug-likeness (QED) is 0.348. The molecule has 150 valence electrons. The maximum absolute atomic E-state index is 13.0. The molecule has 0 saturated carbocycles. The second-order valence-corrected chi connectivity index (χ2v) is 8.24. The van der Waals surface area contributed by atoms with E-state index in [-0.39, 0.29) is 17.5 Å². The summed E-state index contributed by atoms with van der Waals surface area (Å²) in [7, 11) is 1.73. The molecule has 1 amide bonds. The second-order valence-electron chi connectivity index (χ2n) is 6.38. The van der Waals surface area contributed by atoms with Gasteiger partial charge in [0.2, 0.25) is 5.91 Å². The van der Waals surface area contributed by atoms with Gasteiger partial charge in [-0.05, 0) is 29.8 Å². The first kappa shape index (κ1) is 21.3. The molecule has 0 unspecified atom stereocenters. The van der Waals surface area contributed by atoms with Gasteiger partial charge in [-0.15, -0.1) is 16.8 Å². The standard InChI is InChI=1S/C21H20BrFN4OS/c1-3-12-27-20(16-6-8-17(22)9-7-16)24-25-21(27)29-14-19(28)26(2)13-15-4-10-18(23)11-5-15/h3-11H,1,12-14H2,2H3. The lowest BCUT2D eigenvalue weighted by atomic mass is 10.2. The molecule has 29 heavy (non-hydrogen) atoms. The van der Waals surface area contributed by atoms with Crippen LogP contribution in [0.25, 0.3) is 11.4 Å². The normalized spacial score (nSPS) is 10.7. The fourth-order valence-corrected chi connectivity index (χ4v) is 3.84. The van der Waals surface area contributed by atoms with Crippen molar-refractivity contribution in [2.75, 3.05) is 12.8 Å². The van der Waals surface area contributed by atoms with Gasteiger partial charge in [-0.3, -0.25) is 9.36 Å². The van der Waals surface area contributed by atoms with Gasteiger partial charge in [-0.2, -0.15) is 0 Å². The van der Waals surface area contributed by atoms with Crippen molar-refractivity contribution in [2.24, 2.45) is 0 Å². The van der Waals surface area contributed by atoms with Crippen molar-refractivity contribution in [1.82, 2.24) is 19.7 Å². The van der Waals surface area contributed by atoms with Crippen LogP contribution in [-0.2, 0) is 17.9 Å². The molecule has 0 N–H and O–H groups in total. The van der Waals surface area contributed by atoms with Crippen LogP contribution in [0.4, 0.5) is 4.39 Å². The summed E-state index contributed by atoms with van der Waals surface area (Å²) in [5.41, 5.74) is 1.81. The molecular weight excluding hydrogens is 455 g/mol. The van der Waals surface area contributed by atoms with E-state index in [4.69, 9.17) is 0 Å². The Hall–Kier alpha value is -2.45. The zero-order valence-electron chi connectivity index (χ0n) is 15.9. The van der Waals surface area contributed by atoms with E-state index >= 15 is 0 Å². The predicted molar refractivity (Wildman–Crippen MR) is 117 cm³/mol. The van der Waals surface area contributed by atoms with Crippen LogP contribution in [0.5, 0.6) is 0 Å². The van der Waals surface area contributed by atoms with Crippen LogP contribution in [0.3, 0.4) is 0 Å². The third-order valence-corrected chi connectivity index (χ3v) is 5.69. The lowest BCUT2D eigenvalue weighted by molar-refractivity contribution is -0.127. The lowest BCUT2D eigenvalue weighted by Gasteiger charge is -2.17. The summed E-state index contributed by atoms with van der Waals surface area (Å²) in [5, 5.41) is 9.22. The molecule has 0 saturated heterocycles. The Morgan fingerprint density at radius 3 is 2.55 bits per heavy atom. The van der Waals surface area contributed by atoms with Crippen LogP contribution >= 0.6 is 27.7 Å². The summed E-state index contributed by atoms with van der Waals surface area (Å²) in [6.45, 7) is 4.77. The number of hydrogen-bond donors (Lipinski definition) is 0. The third-order valence-electron chi connectivity index (χ3n) is 4.21. The minimum atomic E-state index is -0.290. The third kappa shape index (κ3) is 5.55. The van der Waals surface area contributed by atoms with Gasteiger partial charge in [0, 0.05) is 30.2 Å². The molecule has 0 aliphatic rings. The smallest absolute Gasteiger partial charge is 0.233 e. The molecule has 3 rings (SSSR count). The minimum absolute atomic E-state index is 0.0438. The fourth-order valence-electron chi connectivity index (χ4n) is 2.69. The number of thioether (sulfide) groups is 1. The van der Waals surface area contributed by atoms with E-state index in [2.05, 4.69) is 32.7 Å². The Balaban J connectivity index is 1.67. The lowest BCUT2D eigenvalue weighted by Crippen LogP contribution is -2.27. The summed E-state index contributed by atoms with van der Waals surface area (Å²) in [6, 6.07) is 14.0. The first-order valence-corrected chi connectivity index (χ1v) is 10.7. The highest BCUT2D eigenvalue weighted by molar-refractivity contribution is 9.10. The summed E-state index contributed by atoms with van der Waals surface area (Å²) in [5.74, 6) is 0.624. The average molecular weight is 475 g/mol. The van der Waals surface area contributed by atoms with Crippen LogP contribution in [-0.4, -0.2) is 38.4 Å². The number of nitrogens with zero attached hydrogens (tertiary/aromatic N) is 4. The molecule has 0 atom stereocenters. The van der Waals surface area contributed by atoms with Crippen LogP contribution in [0.1, 0.15) is 5.56 Å². The van der Waals surface area contributed by atoms with Crippen molar-refractivity contribution in [2.45, 2.75) is 18.2 Å². The summed E-state index contributed by atoms with van der Waals surface area (Å²) >= 11 is 4.77. The van der Waals surface area contributed by atoms with Gasteiger partial charge in [-0.1, -0.05) is 58.0 Å². The van der Waals surface area contributed by atoms with Gasteiger partial charge in [-0.25, -0.2) is 4.39 Å². The summed E-state index contributed by atoms with van der Waals surface area (Å²) in [4.78, 5) is 14.1. The molecule has 3 aromatic rings. The zero-order valence-corrected chi connectivity index (χ0v) is 18.3. The van der Waals surface area contributed by atoms with Crippen molar-refractivity contribution in [3.63, 3.8) is 0 Å². The first-order valence-electron chi connectivity index (χ1n) is 8.89. The molecule has 0 fully saturated rings. The molecule has 5 nitrogen and oxygen atoms in total. The van der Waals surface area contributed by atoms with Gasteiger partial charge in [0.15, 0.2) is 11.0 Å². The Kier molecular flexibility index (Phi) is 7.22. The molecule has 0 aliphatic heterocycles. The molecule has 0 spiro atoms. The number of benzene rings is 2. The van der Waals surface area contributed by atoms with Crippen molar-refractivity contribution in [1.29, 1.82) is 0 Å². The average Bonchev–Trinajstić information content (AvgIpc) is 3.11. The van der Waals surface area contributed by atoms with Crippen LogP contribution in [0.15, 0.2) is 70.8 Å². The van der Waals surface area contributed by atoms with Crippen molar-refractivity contribution in [3.05, 3.63) is 77.0 Å². The fraction of sp³-hybridized carbons (Fsp3) is 0.190. The highest BCUT2D eigenvalue weighted by atomic mass is 79.9. The van der Waals surface area contributed by atoms with Gasteiger partial charge < -0.3 is 4.90 Å². The number of amides is 1. The SMILES string of the molecule is C=CCn1c(SCC(=O)N(C)Cc2ccc(F)cc2)nnc1-c1ccc(Br)cc1. The molecular formula is C21H20BrFN4OS. The summed E-state index contributed by atoms with van der Waals surface area (Å²) in [6.07, 6.45) is 1.78. The van der Waals surface area contributed by atoms with Crippen molar-refractivity contribution >= 4 is 33.6 Å². The van der Waals surface area contributed by atoms with E-state index in [0.29, 0.717) is 18.2 Å². The van der Waals surface area contributed by atoms with E-state index in [0.717, 1.165) is 21.4 Å². The number of carbonyl (C=O) groups is 1.